The molecule has 0 saturated heterocycles. The van der Waals surface area contributed by atoms with E-state index in [1.54, 1.807) is 34.9 Å². The summed E-state index contributed by atoms with van der Waals surface area (Å²) in [6.45, 7) is 5.21. The number of carbonyl (C=O) groups is 2. The molecule has 0 aromatic rings. The van der Waals surface area contributed by atoms with Gasteiger partial charge in [-0.15, -0.1) is 0 Å². The number of nitrogens with zero attached hydrogens (tertiary/aromatic N) is 1. The molecule has 0 heterocycles. The van der Waals surface area contributed by atoms with Crippen LogP contribution in [0.2, 0.25) is 0 Å². The number of alkyl carbamates (subject to hydrolysis) is 1. The molecule has 0 aromatic carbocycles. The lowest BCUT2D eigenvalue weighted by Crippen LogP contribution is -2.55. The van der Waals surface area contributed by atoms with Crippen molar-refractivity contribution in [2.24, 2.45) is 11.7 Å². The number of nitrogens with two attached hydrogens (primary N) is 1. The van der Waals surface area contributed by atoms with Gasteiger partial charge in [-0.2, -0.15) is 0 Å². The predicted molar refractivity (Wildman–Crippen MR) is 81.8 cm³/mol. The molecule has 1 aliphatic carbocycles. The van der Waals surface area contributed by atoms with Crippen LogP contribution in [-0.2, 0) is 14.3 Å². The summed E-state index contributed by atoms with van der Waals surface area (Å²) in [7, 11) is 3.24. The Hall–Kier alpha value is -1.85. The molecule has 1 saturated carbocycles. The summed E-state index contributed by atoms with van der Waals surface area (Å²) in [5.74, 6) is 1.01. The van der Waals surface area contributed by atoms with E-state index in [9.17, 15) is 14.4 Å². The fourth-order valence-corrected chi connectivity index (χ4v) is 2.45. The van der Waals surface area contributed by atoms with Gasteiger partial charge in [-0.25, -0.2) is 9.59 Å². The molecule has 1 aliphatic rings. The molecule has 0 aliphatic heterocycles. The standard InChI is InChI=1S/C15H25N3O4/c1-15(2,3)22-14(21)17-12-10(8-19)9(6-7-11(12)16)13(20)18(4)5/h9,11-12H,6-7,16H2,1-5H3,(H,17,21). The van der Waals surface area contributed by atoms with E-state index in [2.05, 4.69) is 5.32 Å². The van der Waals surface area contributed by atoms with Gasteiger partial charge in [-0.05, 0) is 33.6 Å². The average Bonchev–Trinajstić information content (AvgIpc) is 2.37. The van der Waals surface area contributed by atoms with Crippen molar-refractivity contribution in [3.05, 3.63) is 5.57 Å². The number of rotatable bonds is 2. The lowest BCUT2D eigenvalue weighted by atomic mass is 9.78. The molecule has 0 bridgehead atoms. The van der Waals surface area contributed by atoms with Crippen LogP contribution in [0.5, 0.6) is 0 Å². The second-order valence-corrected chi connectivity index (χ2v) is 6.71. The number of hydrogen-bond acceptors (Lipinski definition) is 5. The number of hydrogen-bond donors (Lipinski definition) is 2. The van der Waals surface area contributed by atoms with Gasteiger partial charge < -0.3 is 20.7 Å². The molecular weight excluding hydrogens is 286 g/mol. The highest BCUT2D eigenvalue weighted by molar-refractivity contribution is 5.85. The first kappa shape index (κ1) is 18.2. The fraction of sp³-hybridized carbons (Fsp3) is 0.733. The van der Waals surface area contributed by atoms with Crippen LogP contribution in [0.25, 0.3) is 0 Å². The third-order valence-electron chi connectivity index (χ3n) is 3.46. The normalized spacial score (nSPS) is 25.2. The maximum absolute atomic E-state index is 12.2. The molecule has 0 radical (unpaired) electrons. The summed E-state index contributed by atoms with van der Waals surface area (Å²) >= 11 is 0. The van der Waals surface area contributed by atoms with Crippen LogP contribution in [0.1, 0.15) is 33.6 Å². The Morgan fingerprint density at radius 1 is 1.32 bits per heavy atom. The molecule has 1 rings (SSSR count). The number of carbonyl (C=O) groups excluding carboxylic acids is 3. The van der Waals surface area contributed by atoms with Gasteiger partial charge in [0.1, 0.15) is 11.5 Å². The monoisotopic (exact) mass is 311 g/mol. The third-order valence-corrected chi connectivity index (χ3v) is 3.46. The van der Waals surface area contributed by atoms with Crippen molar-refractivity contribution in [2.45, 2.75) is 51.3 Å². The second kappa shape index (κ2) is 6.94. The minimum atomic E-state index is -0.741. The van der Waals surface area contributed by atoms with Gasteiger partial charge in [-0.3, -0.25) is 4.79 Å². The van der Waals surface area contributed by atoms with E-state index in [1.165, 1.54) is 4.90 Å². The van der Waals surface area contributed by atoms with Crippen molar-refractivity contribution in [1.29, 1.82) is 0 Å². The zero-order chi connectivity index (χ0) is 17.1. The maximum Gasteiger partial charge on any atom is 0.408 e. The summed E-state index contributed by atoms with van der Waals surface area (Å²) in [4.78, 5) is 36.9. The molecule has 7 nitrogen and oxygen atoms in total. The smallest absolute Gasteiger partial charge is 0.408 e. The van der Waals surface area contributed by atoms with Crippen molar-refractivity contribution in [3.63, 3.8) is 0 Å². The molecule has 0 aromatic heterocycles. The van der Waals surface area contributed by atoms with Crippen LogP contribution in [0, 0.1) is 5.92 Å². The molecule has 22 heavy (non-hydrogen) atoms. The molecule has 2 amide bonds. The van der Waals surface area contributed by atoms with E-state index in [0.29, 0.717) is 12.8 Å². The minimum Gasteiger partial charge on any atom is -0.444 e. The van der Waals surface area contributed by atoms with Gasteiger partial charge >= 0.3 is 6.09 Å². The van der Waals surface area contributed by atoms with Crippen molar-refractivity contribution in [2.75, 3.05) is 14.1 Å². The van der Waals surface area contributed by atoms with E-state index in [0.717, 1.165) is 0 Å². The van der Waals surface area contributed by atoms with Gasteiger partial charge in [0.2, 0.25) is 5.91 Å². The van der Waals surface area contributed by atoms with Gasteiger partial charge in [0.15, 0.2) is 0 Å². The molecule has 3 N–H and O–H groups in total. The van der Waals surface area contributed by atoms with Gasteiger partial charge in [0.05, 0.1) is 17.5 Å². The lowest BCUT2D eigenvalue weighted by molar-refractivity contribution is -0.132. The van der Waals surface area contributed by atoms with Crippen LogP contribution < -0.4 is 11.1 Å². The minimum absolute atomic E-state index is 0.184. The van der Waals surface area contributed by atoms with Gasteiger partial charge in [0.25, 0.3) is 0 Å². The zero-order valence-corrected chi connectivity index (χ0v) is 13.8. The van der Waals surface area contributed by atoms with Crippen LogP contribution in [-0.4, -0.2) is 54.6 Å². The van der Waals surface area contributed by atoms with Crippen LogP contribution >= 0.6 is 0 Å². The Kier molecular flexibility index (Phi) is 5.74. The van der Waals surface area contributed by atoms with Crippen LogP contribution in [0.15, 0.2) is 5.57 Å². The zero-order valence-electron chi connectivity index (χ0n) is 13.8. The van der Waals surface area contributed by atoms with E-state index < -0.39 is 29.7 Å². The molecule has 7 heteroatoms. The lowest BCUT2D eigenvalue weighted by Gasteiger charge is -2.35. The molecule has 124 valence electrons. The Bertz CT molecular complexity index is 490. The topological polar surface area (TPSA) is 102 Å². The molecule has 3 atom stereocenters. The van der Waals surface area contributed by atoms with Crippen LogP contribution in [0.4, 0.5) is 4.79 Å². The first-order valence-corrected chi connectivity index (χ1v) is 7.28. The van der Waals surface area contributed by atoms with E-state index in [4.69, 9.17) is 10.5 Å². The van der Waals surface area contributed by atoms with Gasteiger partial charge in [-0.1, -0.05) is 0 Å². The predicted octanol–water partition coefficient (Wildman–Crippen LogP) is 0.463. The molecule has 3 unspecified atom stereocenters. The second-order valence-electron chi connectivity index (χ2n) is 6.71. The highest BCUT2D eigenvalue weighted by Gasteiger charge is 2.39. The molecule has 0 spiro atoms. The maximum atomic E-state index is 12.2. The van der Waals surface area contributed by atoms with E-state index in [-0.39, 0.29) is 11.5 Å². The summed E-state index contributed by atoms with van der Waals surface area (Å²) in [5, 5.41) is 2.59. The van der Waals surface area contributed by atoms with Crippen molar-refractivity contribution < 1.29 is 19.1 Å². The Morgan fingerprint density at radius 3 is 2.36 bits per heavy atom. The van der Waals surface area contributed by atoms with E-state index >= 15 is 0 Å². The Labute approximate surface area is 130 Å². The van der Waals surface area contributed by atoms with Crippen molar-refractivity contribution in [1.82, 2.24) is 10.2 Å². The van der Waals surface area contributed by atoms with Gasteiger partial charge in [0, 0.05) is 20.1 Å². The van der Waals surface area contributed by atoms with Crippen LogP contribution in [0.3, 0.4) is 0 Å². The molecule has 1 fully saturated rings. The summed E-state index contributed by atoms with van der Waals surface area (Å²) in [6, 6.07) is -1.19. The first-order valence-electron chi connectivity index (χ1n) is 7.28. The van der Waals surface area contributed by atoms with Crippen molar-refractivity contribution >= 4 is 17.9 Å². The highest BCUT2D eigenvalue weighted by Crippen LogP contribution is 2.29. The Morgan fingerprint density at radius 2 is 1.91 bits per heavy atom. The SMILES string of the molecule is CN(C)C(=O)C1CCC(N)C(NC(=O)OC(C)(C)C)C1=C=O. The number of amides is 2. The largest absolute Gasteiger partial charge is 0.444 e. The first-order chi connectivity index (χ1) is 10.1. The summed E-state index contributed by atoms with van der Waals surface area (Å²) < 4.78 is 5.18. The number of nitrogens with one attached hydrogen (secondary N) is 1. The molecular formula is C15H25N3O4. The Balaban J connectivity index is 2.93. The third kappa shape index (κ3) is 4.58. The quantitative estimate of drug-likeness (QED) is 0.722. The summed E-state index contributed by atoms with van der Waals surface area (Å²) in [6.07, 6.45) is 0.323. The number of ether oxygens (including phenoxy) is 1. The summed E-state index contributed by atoms with van der Waals surface area (Å²) in [5.41, 5.74) is 5.52. The fourth-order valence-electron chi connectivity index (χ4n) is 2.45. The highest BCUT2D eigenvalue weighted by atomic mass is 16.6. The van der Waals surface area contributed by atoms with E-state index in [1.807, 2.05) is 5.94 Å². The van der Waals surface area contributed by atoms with Crippen molar-refractivity contribution in [3.8, 4) is 0 Å². The average molecular weight is 311 g/mol.